The highest BCUT2D eigenvalue weighted by Crippen LogP contribution is 2.36. The summed E-state index contributed by atoms with van der Waals surface area (Å²) in [6, 6.07) is 0. The first-order chi connectivity index (χ1) is 9.62. The van der Waals surface area contributed by atoms with Crippen molar-refractivity contribution >= 4 is 14.2 Å². The summed E-state index contributed by atoms with van der Waals surface area (Å²) in [5, 5.41) is 0.269. The normalized spacial score (nSPS) is 18.4. The second-order valence-electron chi connectivity index (χ2n) is 7.20. The summed E-state index contributed by atoms with van der Waals surface area (Å²) in [6.45, 7) is 17.1. The second kappa shape index (κ2) is 7.42. The van der Waals surface area contributed by atoms with E-state index in [2.05, 4.69) is 43.7 Å². The number of hydrogen-bond donors (Lipinski definition) is 1. The van der Waals surface area contributed by atoms with Crippen molar-refractivity contribution in [2.45, 2.75) is 38.9 Å². The summed E-state index contributed by atoms with van der Waals surface area (Å²) in [7, 11) is -1.63. The Kier molecular flexibility index (Phi) is 6.43. The monoisotopic (exact) mass is 313 g/mol. The van der Waals surface area contributed by atoms with Crippen LogP contribution in [0, 0.1) is 0 Å². The van der Waals surface area contributed by atoms with Crippen LogP contribution in [0.25, 0.3) is 0 Å². The number of rotatable bonds is 6. The molecule has 1 amide bonds. The molecule has 122 valence electrons. The minimum absolute atomic E-state index is 0.269. The maximum absolute atomic E-state index is 10.7. The van der Waals surface area contributed by atoms with Crippen molar-refractivity contribution in [2.24, 2.45) is 5.73 Å². The van der Waals surface area contributed by atoms with E-state index in [1.54, 1.807) is 6.20 Å². The molecule has 21 heavy (non-hydrogen) atoms. The highest BCUT2D eigenvalue weighted by molar-refractivity contribution is 6.74. The standard InChI is InChI=1S/C15H31N3O2Si/c1-15(2,3)21(4,5)20-13-12-18-10-8-17(9-11-18)7-6-14(16)19/h6-7H,8-13H2,1-5H3,(H2,16,19). The van der Waals surface area contributed by atoms with Gasteiger partial charge in [0, 0.05) is 51.6 Å². The lowest BCUT2D eigenvalue weighted by molar-refractivity contribution is -0.113. The van der Waals surface area contributed by atoms with E-state index in [1.165, 1.54) is 6.08 Å². The Morgan fingerprint density at radius 2 is 1.81 bits per heavy atom. The quantitative estimate of drug-likeness (QED) is 0.598. The average Bonchev–Trinajstić information content (AvgIpc) is 2.36. The van der Waals surface area contributed by atoms with Gasteiger partial charge in [0.1, 0.15) is 0 Å². The zero-order chi connectivity index (χ0) is 16.1. The molecule has 1 rings (SSSR count). The largest absolute Gasteiger partial charge is 0.416 e. The van der Waals surface area contributed by atoms with Gasteiger partial charge in [0.05, 0.1) is 0 Å². The van der Waals surface area contributed by atoms with Crippen molar-refractivity contribution in [2.75, 3.05) is 39.3 Å². The SMILES string of the molecule is CC(C)(C)[Si](C)(C)OCCN1CCN(C=CC(N)=O)CC1. The first kappa shape index (κ1) is 18.2. The minimum Gasteiger partial charge on any atom is -0.416 e. The Hall–Kier alpha value is -0.853. The van der Waals surface area contributed by atoms with Gasteiger partial charge in [0.25, 0.3) is 0 Å². The molecule has 0 aromatic heterocycles. The molecule has 5 nitrogen and oxygen atoms in total. The molecule has 1 heterocycles. The Labute approximate surface area is 130 Å². The van der Waals surface area contributed by atoms with Gasteiger partial charge in [0.2, 0.25) is 5.91 Å². The summed E-state index contributed by atoms with van der Waals surface area (Å²) in [5.74, 6) is -0.389. The van der Waals surface area contributed by atoms with Gasteiger partial charge in [-0.15, -0.1) is 0 Å². The summed E-state index contributed by atoms with van der Waals surface area (Å²) in [5.41, 5.74) is 5.10. The molecular weight excluding hydrogens is 282 g/mol. The van der Waals surface area contributed by atoms with Crippen molar-refractivity contribution in [1.82, 2.24) is 9.80 Å². The summed E-state index contributed by atoms with van der Waals surface area (Å²) in [6.07, 6.45) is 3.22. The number of amides is 1. The maximum atomic E-state index is 10.7. The molecule has 0 aromatic carbocycles. The van der Waals surface area contributed by atoms with Gasteiger partial charge in [-0.3, -0.25) is 9.69 Å². The summed E-state index contributed by atoms with van der Waals surface area (Å²) in [4.78, 5) is 15.3. The van der Waals surface area contributed by atoms with E-state index in [0.29, 0.717) is 0 Å². The van der Waals surface area contributed by atoms with Crippen LogP contribution in [-0.4, -0.2) is 63.4 Å². The number of carbonyl (C=O) groups is 1. The Bertz CT molecular complexity index is 370. The third-order valence-corrected chi connectivity index (χ3v) is 9.07. The van der Waals surface area contributed by atoms with Gasteiger partial charge in [-0.05, 0) is 18.1 Å². The molecule has 0 aromatic rings. The molecule has 0 bridgehead atoms. The lowest BCUT2D eigenvalue weighted by Gasteiger charge is -2.38. The molecule has 0 unspecified atom stereocenters. The first-order valence-electron chi connectivity index (χ1n) is 7.70. The van der Waals surface area contributed by atoms with Gasteiger partial charge >= 0.3 is 0 Å². The molecule has 0 aliphatic carbocycles. The van der Waals surface area contributed by atoms with Crippen LogP contribution < -0.4 is 5.73 Å². The van der Waals surface area contributed by atoms with Crippen molar-refractivity contribution in [3.63, 3.8) is 0 Å². The van der Waals surface area contributed by atoms with E-state index < -0.39 is 8.32 Å². The number of nitrogens with zero attached hydrogens (tertiary/aromatic N) is 2. The number of nitrogens with two attached hydrogens (primary N) is 1. The van der Waals surface area contributed by atoms with E-state index >= 15 is 0 Å². The van der Waals surface area contributed by atoms with Crippen LogP contribution in [0.1, 0.15) is 20.8 Å². The molecule has 1 saturated heterocycles. The topological polar surface area (TPSA) is 58.8 Å². The van der Waals surface area contributed by atoms with Gasteiger partial charge in [-0.2, -0.15) is 0 Å². The highest BCUT2D eigenvalue weighted by Gasteiger charge is 2.37. The molecule has 0 atom stereocenters. The fourth-order valence-corrected chi connectivity index (χ4v) is 3.00. The van der Waals surface area contributed by atoms with Crippen LogP contribution >= 0.6 is 0 Å². The third-order valence-electron chi connectivity index (χ3n) is 4.53. The van der Waals surface area contributed by atoms with Gasteiger partial charge in [-0.25, -0.2) is 0 Å². The van der Waals surface area contributed by atoms with Crippen LogP contribution in [0.2, 0.25) is 18.1 Å². The Morgan fingerprint density at radius 3 is 2.29 bits per heavy atom. The molecule has 0 spiro atoms. The molecule has 1 fully saturated rings. The molecule has 1 aliphatic rings. The van der Waals surface area contributed by atoms with Crippen LogP contribution in [0.4, 0.5) is 0 Å². The molecule has 1 aliphatic heterocycles. The van der Waals surface area contributed by atoms with Gasteiger partial charge < -0.3 is 15.1 Å². The van der Waals surface area contributed by atoms with E-state index in [4.69, 9.17) is 10.2 Å². The lowest BCUT2D eigenvalue weighted by Crippen LogP contribution is -2.47. The molecule has 0 saturated carbocycles. The van der Waals surface area contributed by atoms with Crippen LogP contribution in [0.3, 0.4) is 0 Å². The van der Waals surface area contributed by atoms with Crippen LogP contribution in [0.15, 0.2) is 12.3 Å². The van der Waals surface area contributed by atoms with Crippen molar-refractivity contribution in [3.05, 3.63) is 12.3 Å². The number of piperazine rings is 1. The number of carbonyl (C=O) groups excluding carboxylic acids is 1. The molecule has 0 radical (unpaired) electrons. The second-order valence-corrected chi connectivity index (χ2v) is 12.0. The zero-order valence-corrected chi connectivity index (χ0v) is 15.2. The fraction of sp³-hybridized carbons (Fsp3) is 0.800. The van der Waals surface area contributed by atoms with Gasteiger partial charge in [0.15, 0.2) is 8.32 Å². The van der Waals surface area contributed by atoms with Crippen LogP contribution in [-0.2, 0) is 9.22 Å². The smallest absolute Gasteiger partial charge is 0.242 e. The van der Waals surface area contributed by atoms with Crippen molar-refractivity contribution < 1.29 is 9.22 Å². The van der Waals surface area contributed by atoms with E-state index in [0.717, 1.165) is 39.3 Å². The maximum Gasteiger partial charge on any atom is 0.242 e. The third kappa shape index (κ3) is 6.19. The predicted molar refractivity (Wildman–Crippen MR) is 89.5 cm³/mol. The fourth-order valence-electron chi connectivity index (χ4n) is 1.96. The number of primary amides is 1. The highest BCUT2D eigenvalue weighted by atomic mass is 28.4. The Balaban J connectivity index is 2.26. The van der Waals surface area contributed by atoms with E-state index in [-0.39, 0.29) is 10.9 Å². The van der Waals surface area contributed by atoms with E-state index in [1.807, 2.05) is 0 Å². The van der Waals surface area contributed by atoms with Crippen molar-refractivity contribution in [1.29, 1.82) is 0 Å². The Morgan fingerprint density at radius 1 is 1.24 bits per heavy atom. The minimum atomic E-state index is -1.63. The lowest BCUT2D eigenvalue weighted by atomic mass is 10.2. The number of hydrogen-bond acceptors (Lipinski definition) is 4. The summed E-state index contributed by atoms with van der Waals surface area (Å²) >= 11 is 0. The van der Waals surface area contributed by atoms with E-state index in [9.17, 15) is 4.79 Å². The molecule has 2 N–H and O–H groups in total. The average molecular weight is 314 g/mol. The predicted octanol–water partition coefficient (Wildman–Crippen LogP) is 1.62. The summed E-state index contributed by atoms with van der Waals surface area (Å²) < 4.78 is 6.21. The van der Waals surface area contributed by atoms with Gasteiger partial charge in [-0.1, -0.05) is 20.8 Å². The molecular formula is C15H31N3O2Si. The molecule has 6 heteroatoms. The zero-order valence-electron chi connectivity index (χ0n) is 14.2. The van der Waals surface area contributed by atoms with Crippen molar-refractivity contribution in [3.8, 4) is 0 Å². The van der Waals surface area contributed by atoms with Crippen LogP contribution in [0.5, 0.6) is 0 Å². The first-order valence-corrected chi connectivity index (χ1v) is 10.6.